The number of ether oxygens (including phenoxy) is 2. The third kappa shape index (κ3) is 6.54. The number of nitrogens with zero attached hydrogens (tertiary/aromatic N) is 3. The van der Waals surface area contributed by atoms with Crippen LogP contribution in [0.1, 0.15) is 17.5 Å². The number of hydrogen-bond donors (Lipinski definition) is 1. The van der Waals surface area contributed by atoms with Crippen molar-refractivity contribution >= 4 is 34.6 Å². The van der Waals surface area contributed by atoms with E-state index >= 15 is 0 Å². The maximum atomic E-state index is 6.24. The summed E-state index contributed by atoms with van der Waals surface area (Å²) in [5.74, 6) is 0.669. The zero-order valence-corrected chi connectivity index (χ0v) is 19.1. The van der Waals surface area contributed by atoms with E-state index in [-0.39, 0.29) is 0 Å². The van der Waals surface area contributed by atoms with E-state index in [9.17, 15) is 0 Å². The van der Waals surface area contributed by atoms with Crippen LogP contribution in [0, 0.1) is 6.92 Å². The van der Waals surface area contributed by atoms with Crippen LogP contribution in [-0.2, 0) is 11.3 Å². The van der Waals surface area contributed by atoms with Gasteiger partial charge in [0, 0.05) is 56.2 Å². The van der Waals surface area contributed by atoms with Gasteiger partial charge in [-0.3, -0.25) is 9.88 Å². The predicted octanol–water partition coefficient (Wildman–Crippen LogP) is 3.97. The minimum absolute atomic E-state index is 0.654. The Morgan fingerprint density at radius 1 is 1.37 bits per heavy atom. The molecule has 1 aromatic heterocycles. The molecule has 3 rings (SSSR count). The average Bonchev–Trinajstić information content (AvgIpc) is 2.77. The average molecular weight is 449 g/mol. The maximum Gasteiger partial charge on any atom is 0.173 e. The normalized spacial score (nSPS) is 14.4. The molecule has 0 amide bonds. The molecular weight excluding hydrogens is 420 g/mol. The van der Waals surface area contributed by atoms with Crippen molar-refractivity contribution in [2.45, 2.75) is 19.9 Å². The summed E-state index contributed by atoms with van der Waals surface area (Å²) in [7, 11) is 1.63. The predicted molar refractivity (Wildman–Crippen MR) is 125 cm³/mol. The number of nitrogens with one attached hydrogen (secondary N) is 1. The van der Waals surface area contributed by atoms with Crippen LogP contribution in [0.4, 0.5) is 5.69 Å². The highest BCUT2D eigenvalue weighted by Crippen LogP contribution is 2.31. The van der Waals surface area contributed by atoms with Crippen molar-refractivity contribution < 1.29 is 9.47 Å². The van der Waals surface area contributed by atoms with Crippen molar-refractivity contribution in [1.82, 2.24) is 14.8 Å². The third-order valence-electron chi connectivity index (χ3n) is 5.11. The molecule has 2 heterocycles. The van der Waals surface area contributed by atoms with Crippen LogP contribution >= 0.6 is 23.8 Å². The van der Waals surface area contributed by atoms with E-state index in [2.05, 4.69) is 26.2 Å². The molecule has 0 aliphatic carbocycles. The summed E-state index contributed by atoms with van der Waals surface area (Å²) >= 11 is 12.0. The van der Waals surface area contributed by atoms with Gasteiger partial charge in [0.05, 0.1) is 26.0 Å². The van der Waals surface area contributed by atoms with Crippen LogP contribution < -0.4 is 10.1 Å². The van der Waals surface area contributed by atoms with Crippen molar-refractivity contribution in [3.05, 3.63) is 52.8 Å². The Morgan fingerprint density at radius 3 is 2.87 bits per heavy atom. The van der Waals surface area contributed by atoms with Gasteiger partial charge in [-0.25, -0.2) is 0 Å². The lowest BCUT2D eigenvalue weighted by Crippen LogP contribution is -2.40. The number of methoxy groups -OCH3 is 1. The van der Waals surface area contributed by atoms with Gasteiger partial charge in [0.15, 0.2) is 5.11 Å². The third-order valence-corrected chi connectivity index (χ3v) is 5.88. The second kappa shape index (κ2) is 11.5. The minimum atomic E-state index is 0.654. The molecule has 1 fully saturated rings. The first-order chi connectivity index (χ1) is 14.6. The van der Waals surface area contributed by atoms with E-state index in [0.717, 1.165) is 62.6 Å². The Balaban J connectivity index is 1.68. The Hall–Kier alpha value is -1.93. The van der Waals surface area contributed by atoms with E-state index in [0.29, 0.717) is 22.4 Å². The van der Waals surface area contributed by atoms with Crippen molar-refractivity contribution in [1.29, 1.82) is 0 Å². The Labute approximate surface area is 189 Å². The number of rotatable bonds is 8. The molecule has 30 heavy (non-hydrogen) atoms. The number of pyridine rings is 1. The second-order valence-electron chi connectivity index (χ2n) is 7.32. The molecule has 1 aliphatic rings. The minimum Gasteiger partial charge on any atom is -0.495 e. The van der Waals surface area contributed by atoms with Gasteiger partial charge in [0.25, 0.3) is 0 Å². The Morgan fingerprint density at radius 2 is 2.17 bits per heavy atom. The van der Waals surface area contributed by atoms with Gasteiger partial charge in [-0.15, -0.1) is 0 Å². The van der Waals surface area contributed by atoms with Gasteiger partial charge in [0.1, 0.15) is 5.75 Å². The fourth-order valence-electron chi connectivity index (χ4n) is 3.40. The monoisotopic (exact) mass is 448 g/mol. The highest BCUT2D eigenvalue weighted by molar-refractivity contribution is 7.80. The number of benzene rings is 1. The molecular formula is C22H29ClN4O2S. The summed E-state index contributed by atoms with van der Waals surface area (Å²) in [5.41, 5.74) is 2.90. The molecule has 1 aromatic carbocycles. The zero-order valence-electron chi connectivity index (χ0n) is 17.6. The van der Waals surface area contributed by atoms with Gasteiger partial charge < -0.3 is 19.7 Å². The Bertz CT molecular complexity index is 831. The molecule has 0 radical (unpaired) electrons. The maximum absolute atomic E-state index is 6.24. The van der Waals surface area contributed by atoms with Gasteiger partial charge in [-0.2, -0.15) is 0 Å². The molecule has 8 heteroatoms. The van der Waals surface area contributed by atoms with Crippen LogP contribution in [0.2, 0.25) is 5.02 Å². The van der Waals surface area contributed by atoms with Crippen LogP contribution in [0.25, 0.3) is 0 Å². The van der Waals surface area contributed by atoms with Crippen LogP contribution in [-0.4, -0.2) is 66.4 Å². The second-order valence-corrected chi connectivity index (χ2v) is 8.12. The van der Waals surface area contributed by atoms with Gasteiger partial charge in [0.2, 0.25) is 0 Å². The number of aryl methyl sites for hydroxylation is 1. The summed E-state index contributed by atoms with van der Waals surface area (Å²) < 4.78 is 10.9. The summed E-state index contributed by atoms with van der Waals surface area (Å²) in [6.45, 7) is 8.14. The van der Waals surface area contributed by atoms with E-state index in [1.165, 1.54) is 0 Å². The summed E-state index contributed by atoms with van der Waals surface area (Å²) in [4.78, 5) is 8.85. The molecule has 2 aromatic rings. The number of halogens is 1. The zero-order chi connectivity index (χ0) is 21.3. The number of thiocarbonyl (C=S) groups is 1. The molecule has 0 saturated carbocycles. The highest BCUT2D eigenvalue weighted by atomic mass is 35.5. The van der Waals surface area contributed by atoms with Crippen molar-refractivity contribution in [2.75, 3.05) is 51.8 Å². The van der Waals surface area contributed by atoms with E-state index in [4.69, 9.17) is 33.3 Å². The van der Waals surface area contributed by atoms with Gasteiger partial charge in [-0.05, 0) is 48.8 Å². The molecule has 6 nitrogen and oxygen atoms in total. The van der Waals surface area contributed by atoms with Crippen molar-refractivity contribution in [2.24, 2.45) is 0 Å². The van der Waals surface area contributed by atoms with Gasteiger partial charge in [-0.1, -0.05) is 17.7 Å². The van der Waals surface area contributed by atoms with Crippen LogP contribution in [0.5, 0.6) is 5.75 Å². The lowest BCUT2D eigenvalue weighted by molar-refractivity contribution is 0.0368. The lowest BCUT2D eigenvalue weighted by atomic mass is 10.2. The molecule has 0 bridgehead atoms. The lowest BCUT2D eigenvalue weighted by Gasteiger charge is -2.30. The number of aromatic nitrogens is 1. The molecule has 1 aliphatic heterocycles. The quantitative estimate of drug-likeness (QED) is 0.613. The van der Waals surface area contributed by atoms with Crippen LogP contribution in [0.3, 0.4) is 0 Å². The van der Waals surface area contributed by atoms with Crippen molar-refractivity contribution in [3.8, 4) is 5.75 Å². The first kappa shape index (κ1) is 22.7. The first-order valence-electron chi connectivity index (χ1n) is 10.2. The van der Waals surface area contributed by atoms with E-state index < -0.39 is 0 Å². The van der Waals surface area contributed by atoms with Crippen molar-refractivity contribution in [3.63, 3.8) is 0 Å². The van der Waals surface area contributed by atoms with E-state index in [1.807, 2.05) is 31.3 Å². The molecule has 0 spiro atoms. The topological polar surface area (TPSA) is 49.9 Å². The number of anilines is 1. The van der Waals surface area contributed by atoms with E-state index in [1.54, 1.807) is 13.3 Å². The molecule has 162 valence electrons. The standard InChI is InChI=1S/C22H29ClN4O2S/c1-17-13-20(21(28-2)14-19(17)23)25-22(30)27(16-18-5-3-6-24-15-18)8-4-7-26-9-11-29-12-10-26/h3,5-6,13-15H,4,7-12,16H2,1-2H3,(H,25,30). The SMILES string of the molecule is COc1cc(Cl)c(C)cc1NC(=S)N(CCCN1CCOCC1)Cc1cccnc1. The molecule has 0 atom stereocenters. The molecule has 1 N–H and O–H groups in total. The van der Waals surface area contributed by atoms with Gasteiger partial charge >= 0.3 is 0 Å². The fraction of sp³-hybridized carbons (Fsp3) is 0.455. The summed E-state index contributed by atoms with van der Waals surface area (Å²) in [5, 5.41) is 4.68. The first-order valence-corrected chi connectivity index (χ1v) is 10.9. The Kier molecular flexibility index (Phi) is 8.69. The fourth-order valence-corrected chi connectivity index (χ4v) is 3.82. The smallest absolute Gasteiger partial charge is 0.173 e. The highest BCUT2D eigenvalue weighted by Gasteiger charge is 2.16. The summed E-state index contributed by atoms with van der Waals surface area (Å²) in [6.07, 6.45) is 4.67. The van der Waals surface area contributed by atoms with Crippen LogP contribution in [0.15, 0.2) is 36.7 Å². The molecule has 1 saturated heterocycles. The molecule has 0 unspecified atom stereocenters. The number of hydrogen-bond acceptors (Lipinski definition) is 5. The largest absolute Gasteiger partial charge is 0.495 e. The summed E-state index contributed by atoms with van der Waals surface area (Å²) in [6, 6.07) is 7.79. The number of morpholine rings is 1.